The summed E-state index contributed by atoms with van der Waals surface area (Å²) in [5.74, 6) is 1.63. The van der Waals surface area contributed by atoms with Crippen LogP contribution in [0.2, 0.25) is 0 Å². The molecular weight excluding hydrogens is 350 g/mol. The van der Waals surface area contributed by atoms with Crippen LogP contribution in [0.3, 0.4) is 0 Å². The maximum Gasteiger partial charge on any atom is 0.191 e. The van der Waals surface area contributed by atoms with Crippen LogP contribution in [0.25, 0.3) is 5.69 Å². The quantitative estimate of drug-likeness (QED) is 0.489. The first kappa shape index (κ1) is 19.5. The van der Waals surface area contributed by atoms with Crippen molar-refractivity contribution < 1.29 is 4.74 Å². The van der Waals surface area contributed by atoms with E-state index in [1.54, 1.807) is 7.05 Å². The molecule has 0 saturated carbocycles. The van der Waals surface area contributed by atoms with Crippen LogP contribution in [0.5, 0.6) is 5.75 Å². The molecule has 3 rings (SSSR count). The van der Waals surface area contributed by atoms with E-state index in [-0.39, 0.29) is 0 Å². The first-order valence-corrected chi connectivity index (χ1v) is 9.46. The Hall–Kier alpha value is -3.28. The van der Waals surface area contributed by atoms with Crippen molar-refractivity contribution in [3.8, 4) is 11.4 Å². The van der Waals surface area contributed by atoms with Crippen molar-refractivity contribution in [1.29, 1.82) is 0 Å². The van der Waals surface area contributed by atoms with E-state index in [1.807, 2.05) is 54.2 Å². The Bertz CT molecular complexity index is 918. The van der Waals surface area contributed by atoms with Crippen LogP contribution in [0.1, 0.15) is 23.7 Å². The fourth-order valence-electron chi connectivity index (χ4n) is 2.85. The predicted octanol–water partition coefficient (Wildman–Crippen LogP) is 3.44. The summed E-state index contributed by atoms with van der Waals surface area (Å²) in [7, 11) is 1.76. The van der Waals surface area contributed by atoms with Gasteiger partial charge in [0.1, 0.15) is 5.75 Å². The molecule has 1 aromatic heterocycles. The molecule has 146 valence electrons. The number of aliphatic imine (C=N–C) groups is 1. The molecule has 0 amide bonds. The second-order valence-corrected chi connectivity index (χ2v) is 6.41. The highest BCUT2D eigenvalue weighted by molar-refractivity contribution is 5.79. The monoisotopic (exact) mass is 377 g/mol. The van der Waals surface area contributed by atoms with Crippen LogP contribution in [0.15, 0.2) is 65.8 Å². The van der Waals surface area contributed by atoms with Crippen molar-refractivity contribution in [1.82, 2.24) is 20.4 Å². The molecule has 2 N–H and O–H groups in total. The lowest BCUT2D eigenvalue weighted by Gasteiger charge is -2.14. The lowest BCUT2D eigenvalue weighted by molar-refractivity contribution is 0.336. The van der Waals surface area contributed by atoms with Crippen LogP contribution in [-0.4, -0.2) is 29.4 Å². The fraction of sp³-hybridized carbons (Fsp3) is 0.273. The zero-order valence-corrected chi connectivity index (χ0v) is 16.6. The van der Waals surface area contributed by atoms with E-state index >= 15 is 0 Å². The van der Waals surface area contributed by atoms with Crippen molar-refractivity contribution in [3.05, 3.63) is 77.6 Å². The summed E-state index contributed by atoms with van der Waals surface area (Å²) in [4.78, 5) is 4.30. The summed E-state index contributed by atoms with van der Waals surface area (Å²) in [6.07, 6.45) is 1.96. The molecule has 0 fully saturated rings. The van der Waals surface area contributed by atoms with E-state index in [1.165, 1.54) is 5.56 Å². The molecule has 0 aliphatic carbocycles. The standard InChI is InChI=1S/C22H27N5O/c1-4-28-21-14-17(2)10-11-18(21)15-24-22(23-3)25-16-19-12-13-27(26-19)20-8-6-5-7-9-20/h5-14H,4,15-16H2,1-3H3,(H2,23,24,25). The third-order valence-electron chi connectivity index (χ3n) is 4.29. The number of ether oxygens (including phenoxy) is 1. The molecule has 6 nitrogen and oxygen atoms in total. The minimum atomic E-state index is 0.589. The van der Waals surface area contributed by atoms with Gasteiger partial charge >= 0.3 is 0 Å². The summed E-state index contributed by atoms with van der Waals surface area (Å²) in [5, 5.41) is 11.2. The third-order valence-corrected chi connectivity index (χ3v) is 4.29. The Balaban J connectivity index is 1.57. The summed E-state index contributed by atoms with van der Waals surface area (Å²) in [6, 6.07) is 18.3. The number of hydrogen-bond donors (Lipinski definition) is 2. The topological polar surface area (TPSA) is 63.5 Å². The van der Waals surface area contributed by atoms with E-state index in [2.05, 4.69) is 45.8 Å². The van der Waals surface area contributed by atoms with Crippen LogP contribution < -0.4 is 15.4 Å². The minimum absolute atomic E-state index is 0.589. The molecule has 0 saturated heterocycles. The Morgan fingerprint density at radius 2 is 1.86 bits per heavy atom. The highest BCUT2D eigenvalue weighted by atomic mass is 16.5. The van der Waals surface area contributed by atoms with Crippen molar-refractivity contribution in [2.24, 2.45) is 4.99 Å². The molecule has 0 bridgehead atoms. The molecule has 0 aliphatic heterocycles. The fourth-order valence-corrected chi connectivity index (χ4v) is 2.85. The van der Waals surface area contributed by atoms with Crippen LogP contribution in [0.4, 0.5) is 0 Å². The first-order valence-electron chi connectivity index (χ1n) is 9.46. The number of para-hydroxylation sites is 1. The van der Waals surface area contributed by atoms with Crippen molar-refractivity contribution in [2.75, 3.05) is 13.7 Å². The van der Waals surface area contributed by atoms with E-state index < -0.39 is 0 Å². The normalized spacial score (nSPS) is 11.3. The van der Waals surface area contributed by atoms with E-state index in [9.17, 15) is 0 Å². The van der Waals surface area contributed by atoms with Crippen molar-refractivity contribution in [2.45, 2.75) is 26.9 Å². The number of nitrogens with one attached hydrogen (secondary N) is 2. The second kappa shape index (κ2) is 9.60. The number of guanidine groups is 1. The Kier molecular flexibility index (Phi) is 6.68. The van der Waals surface area contributed by atoms with E-state index in [4.69, 9.17) is 4.74 Å². The highest BCUT2D eigenvalue weighted by Gasteiger charge is 2.06. The van der Waals surface area contributed by atoms with E-state index in [0.29, 0.717) is 19.7 Å². The van der Waals surface area contributed by atoms with Gasteiger partial charge in [0.05, 0.1) is 24.5 Å². The second-order valence-electron chi connectivity index (χ2n) is 6.41. The first-order chi connectivity index (χ1) is 13.7. The largest absolute Gasteiger partial charge is 0.494 e. The molecule has 2 aromatic carbocycles. The molecule has 6 heteroatoms. The number of aryl methyl sites for hydroxylation is 1. The zero-order chi connectivity index (χ0) is 19.8. The van der Waals surface area contributed by atoms with Crippen molar-refractivity contribution >= 4 is 5.96 Å². The minimum Gasteiger partial charge on any atom is -0.494 e. The van der Waals surface area contributed by atoms with Gasteiger partial charge in [-0.1, -0.05) is 30.3 Å². The van der Waals surface area contributed by atoms with Crippen LogP contribution in [-0.2, 0) is 13.1 Å². The molecule has 3 aromatic rings. The Labute approximate surface area is 166 Å². The average Bonchev–Trinajstić information content (AvgIpc) is 3.19. The molecule has 0 unspecified atom stereocenters. The van der Waals surface area contributed by atoms with Crippen molar-refractivity contribution in [3.63, 3.8) is 0 Å². The summed E-state index contributed by atoms with van der Waals surface area (Å²) >= 11 is 0. The molecule has 0 aliphatic rings. The van der Waals surface area contributed by atoms with E-state index in [0.717, 1.165) is 28.7 Å². The maximum absolute atomic E-state index is 5.74. The number of benzene rings is 2. The van der Waals surface area contributed by atoms with Gasteiger partial charge in [0, 0.05) is 25.4 Å². The average molecular weight is 377 g/mol. The van der Waals surface area contributed by atoms with Gasteiger partial charge in [-0.3, -0.25) is 4.99 Å². The van der Waals surface area contributed by atoms with Gasteiger partial charge in [-0.2, -0.15) is 5.10 Å². The number of aromatic nitrogens is 2. The summed E-state index contributed by atoms with van der Waals surface area (Å²) in [6.45, 7) is 5.93. The molecule has 0 spiro atoms. The lowest BCUT2D eigenvalue weighted by atomic mass is 10.1. The van der Waals surface area contributed by atoms with Gasteiger partial charge in [-0.25, -0.2) is 4.68 Å². The third kappa shape index (κ3) is 5.13. The Morgan fingerprint density at radius 3 is 2.61 bits per heavy atom. The zero-order valence-electron chi connectivity index (χ0n) is 16.6. The van der Waals surface area contributed by atoms with Gasteiger partial charge in [0.2, 0.25) is 0 Å². The van der Waals surface area contributed by atoms with Gasteiger partial charge < -0.3 is 15.4 Å². The van der Waals surface area contributed by atoms with Gasteiger partial charge in [0.25, 0.3) is 0 Å². The number of nitrogens with zero attached hydrogens (tertiary/aromatic N) is 3. The van der Waals surface area contributed by atoms with Crippen LogP contribution >= 0.6 is 0 Å². The smallest absolute Gasteiger partial charge is 0.191 e. The Morgan fingerprint density at radius 1 is 1.07 bits per heavy atom. The number of hydrogen-bond acceptors (Lipinski definition) is 3. The molecular formula is C22H27N5O. The molecule has 0 radical (unpaired) electrons. The van der Waals surface area contributed by atoms with Gasteiger partial charge in [-0.15, -0.1) is 0 Å². The molecule has 0 atom stereocenters. The lowest BCUT2D eigenvalue weighted by Crippen LogP contribution is -2.36. The maximum atomic E-state index is 5.74. The highest BCUT2D eigenvalue weighted by Crippen LogP contribution is 2.20. The summed E-state index contributed by atoms with van der Waals surface area (Å²) in [5.41, 5.74) is 4.27. The predicted molar refractivity (Wildman–Crippen MR) is 113 cm³/mol. The molecule has 1 heterocycles. The van der Waals surface area contributed by atoms with Crippen LogP contribution in [0, 0.1) is 6.92 Å². The number of rotatable bonds is 7. The van der Waals surface area contributed by atoms with Gasteiger partial charge in [-0.05, 0) is 43.7 Å². The summed E-state index contributed by atoms with van der Waals surface area (Å²) < 4.78 is 7.61. The SMILES string of the molecule is CCOc1cc(C)ccc1CNC(=NC)NCc1ccn(-c2ccccc2)n1. The molecule has 28 heavy (non-hydrogen) atoms. The van der Waals surface area contributed by atoms with Gasteiger partial charge in [0.15, 0.2) is 5.96 Å².